The molecule has 0 bridgehead atoms. The maximum Gasteiger partial charge on any atom is 0.139 e. The third-order valence-electron chi connectivity index (χ3n) is 7.42. The number of nitrogens with zero attached hydrogens (tertiary/aromatic N) is 2. The van der Waals surface area contributed by atoms with Gasteiger partial charge in [0.05, 0.1) is 17.1 Å². The van der Waals surface area contributed by atoms with E-state index in [0.717, 1.165) is 64.5 Å². The average Bonchev–Trinajstić information content (AvgIpc) is 2.80. The van der Waals surface area contributed by atoms with E-state index in [4.69, 9.17) is 4.84 Å². The summed E-state index contributed by atoms with van der Waals surface area (Å²) >= 11 is 0. The van der Waals surface area contributed by atoms with Crippen LogP contribution in [-0.4, -0.2) is 46.5 Å². The van der Waals surface area contributed by atoms with Gasteiger partial charge in [0.1, 0.15) is 12.4 Å². The molecule has 0 spiro atoms. The van der Waals surface area contributed by atoms with E-state index in [0.29, 0.717) is 0 Å². The van der Waals surface area contributed by atoms with Crippen LogP contribution in [0, 0.1) is 0 Å². The van der Waals surface area contributed by atoms with Gasteiger partial charge in [-0.3, -0.25) is 9.74 Å². The number of aldehydes is 1. The number of rotatable bonds is 13. The maximum absolute atomic E-state index is 12.7. The summed E-state index contributed by atoms with van der Waals surface area (Å²) in [6.45, 7) is 15.3. The van der Waals surface area contributed by atoms with Crippen LogP contribution >= 0.6 is 0 Å². The van der Waals surface area contributed by atoms with E-state index >= 15 is 0 Å². The molecule has 1 aromatic carbocycles. The van der Waals surface area contributed by atoms with Crippen LogP contribution in [0.3, 0.4) is 0 Å². The van der Waals surface area contributed by atoms with Crippen molar-refractivity contribution in [3.05, 3.63) is 35.9 Å². The average molecular weight is 431 g/mol. The topological polar surface area (TPSA) is 32.8 Å². The first-order valence-corrected chi connectivity index (χ1v) is 12.7. The predicted octanol–water partition coefficient (Wildman–Crippen LogP) is 6.56. The van der Waals surface area contributed by atoms with Gasteiger partial charge in [0, 0.05) is 6.54 Å². The maximum atomic E-state index is 12.7. The van der Waals surface area contributed by atoms with E-state index in [1.165, 1.54) is 11.8 Å². The van der Waals surface area contributed by atoms with Crippen molar-refractivity contribution < 1.29 is 9.63 Å². The first-order chi connectivity index (χ1) is 15.0. The van der Waals surface area contributed by atoms with Crippen molar-refractivity contribution in [1.29, 1.82) is 0 Å². The molecule has 176 valence electrons. The molecular formula is C27H46N2O2. The molecule has 0 saturated carbocycles. The van der Waals surface area contributed by atoms with Crippen molar-refractivity contribution in [3.8, 4) is 0 Å². The highest BCUT2D eigenvalue weighted by Crippen LogP contribution is 2.47. The van der Waals surface area contributed by atoms with Crippen molar-refractivity contribution in [2.24, 2.45) is 0 Å². The Kier molecular flexibility index (Phi) is 10.2. The number of carbonyl (C=O) groups excluding carboxylic acids is 1. The van der Waals surface area contributed by atoms with Gasteiger partial charge in [-0.25, -0.2) is 0 Å². The number of hydrogen-bond donors (Lipinski definition) is 0. The van der Waals surface area contributed by atoms with Gasteiger partial charge in [0.2, 0.25) is 0 Å². The molecule has 0 amide bonds. The molecule has 31 heavy (non-hydrogen) atoms. The zero-order valence-electron chi connectivity index (χ0n) is 20.9. The lowest BCUT2D eigenvalue weighted by Crippen LogP contribution is -2.76. The highest BCUT2D eigenvalue weighted by Gasteiger charge is 2.58. The molecule has 1 fully saturated rings. The number of carbonyl (C=O) groups is 1. The number of hydroxylamine groups is 2. The summed E-state index contributed by atoms with van der Waals surface area (Å²) in [4.78, 5) is 22.1. The molecule has 1 aliphatic rings. The lowest BCUT2D eigenvalue weighted by molar-refractivity contribution is -0.339. The SMILES string of the molecule is CCCCN1CC(CC)(CC)N(OC(C)c2ccccc2)C(CCC)(CCC)C1C=O. The zero-order valence-corrected chi connectivity index (χ0v) is 20.9. The molecule has 1 saturated heterocycles. The molecule has 2 atom stereocenters. The Labute approximate surface area is 191 Å². The van der Waals surface area contributed by atoms with Gasteiger partial charge in [0.15, 0.2) is 0 Å². The second-order valence-corrected chi connectivity index (χ2v) is 9.39. The van der Waals surface area contributed by atoms with Crippen molar-refractivity contribution >= 4 is 6.29 Å². The quantitative estimate of drug-likeness (QED) is 0.332. The molecule has 0 radical (unpaired) electrons. The summed E-state index contributed by atoms with van der Waals surface area (Å²) in [7, 11) is 0. The fourth-order valence-corrected chi connectivity index (χ4v) is 5.68. The normalized spacial score (nSPS) is 22.3. The molecule has 1 aliphatic heterocycles. The highest BCUT2D eigenvalue weighted by molar-refractivity contribution is 5.61. The molecule has 0 aliphatic carbocycles. The third-order valence-corrected chi connectivity index (χ3v) is 7.42. The van der Waals surface area contributed by atoms with Gasteiger partial charge in [0.25, 0.3) is 0 Å². The molecule has 4 heteroatoms. The monoisotopic (exact) mass is 430 g/mol. The van der Waals surface area contributed by atoms with Crippen LogP contribution in [0.4, 0.5) is 0 Å². The molecule has 4 nitrogen and oxygen atoms in total. The molecule has 0 aromatic heterocycles. The van der Waals surface area contributed by atoms with Gasteiger partial charge in [-0.15, -0.1) is 0 Å². The standard InChI is InChI=1S/C27H46N2O2/c1-7-12-20-28-22-26(10-4,11-5)29(31-23(6)24-16-14-13-15-17-24)27(18-8-2,19-9-3)25(28)21-30/h13-17,21,23,25H,7-12,18-20,22H2,1-6H3. The number of hydrogen-bond acceptors (Lipinski definition) is 4. The summed E-state index contributed by atoms with van der Waals surface area (Å²) in [5.41, 5.74) is 0.786. The summed E-state index contributed by atoms with van der Waals surface area (Å²) in [6, 6.07) is 10.3. The molecule has 0 N–H and O–H groups in total. The summed E-state index contributed by atoms with van der Waals surface area (Å²) in [6.07, 6.45) is 9.47. The predicted molar refractivity (Wildman–Crippen MR) is 130 cm³/mol. The zero-order chi connectivity index (χ0) is 22.9. The van der Waals surface area contributed by atoms with E-state index < -0.39 is 0 Å². The Morgan fingerprint density at radius 2 is 1.65 bits per heavy atom. The minimum Gasteiger partial charge on any atom is -0.302 e. The fourth-order valence-electron chi connectivity index (χ4n) is 5.68. The second kappa shape index (κ2) is 12.1. The Hall–Kier alpha value is -1.23. The molecule has 1 aromatic rings. The Morgan fingerprint density at radius 3 is 2.13 bits per heavy atom. The van der Waals surface area contributed by atoms with Crippen LogP contribution < -0.4 is 0 Å². The van der Waals surface area contributed by atoms with E-state index in [2.05, 4.69) is 75.8 Å². The lowest BCUT2D eigenvalue weighted by Gasteiger charge is -2.62. The van der Waals surface area contributed by atoms with Gasteiger partial charge in [-0.1, -0.05) is 84.2 Å². The van der Waals surface area contributed by atoms with Crippen LogP contribution in [0.25, 0.3) is 0 Å². The second-order valence-electron chi connectivity index (χ2n) is 9.39. The number of piperazine rings is 1. The summed E-state index contributed by atoms with van der Waals surface area (Å²) in [5, 5.41) is 2.35. The Morgan fingerprint density at radius 1 is 1.03 bits per heavy atom. The molecular weight excluding hydrogens is 384 g/mol. The summed E-state index contributed by atoms with van der Waals surface area (Å²) < 4.78 is 0. The van der Waals surface area contributed by atoms with Crippen molar-refractivity contribution in [3.63, 3.8) is 0 Å². The Bertz CT molecular complexity index is 638. The third kappa shape index (κ3) is 5.40. The van der Waals surface area contributed by atoms with Gasteiger partial charge < -0.3 is 4.79 Å². The van der Waals surface area contributed by atoms with E-state index in [9.17, 15) is 4.79 Å². The smallest absolute Gasteiger partial charge is 0.139 e. The minimum absolute atomic E-state index is 0.0544. The fraction of sp³-hybridized carbons (Fsp3) is 0.741. The highest BCUT2D eigenvalue weighted by atomic mass is 16.7. The van der Waals surface area contributed by atoms with Gasteiger partial charge >= 0.3 is 0 Å². The van der Waals surface area contributed by atoms with E-state index in [1.807, 2.05) is 6.07 Å². The summed E-state index contributed by atoms with van der Waals surface area (Å²) in [5.74, 6) is 0. The van der Waals surface area contributed by atoms with Crippen LogP contribution in [0.15, 0.2) is 30.3 Å². The largest absolute Gasteiger partial charge is 0.302 e. The van der Waals surface area contributed by atoms with Crippen molar-refractivity contribution in [2.45, 2.75) is 116 Å². The van der Waals surface area contributed by atoms with Crippen LogP contribution in [0.1, 0.15) is 105 Å². The van der Waals surface area contributed by atoms with E-state index in [-0.39, 0.29) is 23.2 Å². The van der Waals surface area contributed by atoms with E-state index in [1.54, 1.807) is 0 Å². The number of benzene rings is 1. The molecule has 2 rings (SSSR count). The first kappa shape index (κ1) is 26.0. The molecule has 2 unspecified atom stereocenters. The first-order valence-electron chi connectivity index (χ1n) is 12.7. The Balaban J connectivity index is 2.58. The van der Waals surface area contributed by atoms with Gasteiger partial charge in [-0.05, 0) is 51.1 Å². The van der Waals surface area contributed by atoms with Crippen LogP contribution in [0.2, 0.25) is 0 Å². The van der Waals surface area contributed by atoms with Crippen molar-refractivity contribution in [2.75, 3.05) is 13.1 Å². The van der Waals surface area contributed by atoms with Gasteiger partial charge in [-0.2, -0.15) is 5.06 Å². The lowest BCUT2D eigenvalue weighted by atomic mass is 9.73. The van der Waals surface area contributed by atoms with Crippen molar-refractivity contribution in [1.82, 2.24) is 9.96 Å². The minimum atomic E-state index is -0.299. The molecule has 1 heterocycles. The van der Waals surface area contributed by atoms with Crippen LogP contribution in [-0.2, 0) is 9.63 Å². The van der Waals surface area contributed by atoms with Crippen LogP contribution in [0.5, 0.6) is 0 Å². The number of unbranched alkanes of at least 4 members (excludes halogenated alkanes) is 1.